The van der Waals surface area contributed by atoms with Crippen molar-refractivity contribution < 1.29 is 9.53 Å². The lowest BCUT2D eigenvalue weighted by Crippen LogP contribution is -2.23. The van der Waals surface area contributed by atoms with Gasteiger partial charge in [-0.15, -0.1) is 10.2 Å². The number of aromatic nitrogens is 3. The first-order chi connectivity index (χ1) is 16.6. The van der Waals surface area contributed by atoms with E-state index in [9.17, 15) is 4.79 Å². The molecule has 174 valence electrons. The zero-order valence-corrected chi connectivity index (χ0v) is 20.2. The summed E-state index contributed by atoms with van der Waals surface area (Å²) in [6.07, 6.45) is 0.710. The second kappa shape index (κ2) is 11.5. The molecule has 1 N–H and O–H groups in total. The summed E-state index contributed by atoms with van der Waals surface area (Å²) in [5, 5.41) is 12.1. The van der Waals surface area contributed by atoms with Gasteiger partial charge in [0.15, 0.2) is 5.16 Å². The quantitative estimate of drug-likeness (QED) is 0.305. The Balaban J connectivity index is 1.32. The number of hydrogen-bond donors (Lipinski definition) is 1. The Labute approximate surface area is 204 Å². The minimum absolute atomic E-state index is 0.0850. The number of rotatable bonds is 10. The first-order valence-corrected chi connectivity index (χ1v) is 12.2. The van der Waals surface area contributed by atoms with Gasteiger partial charge in [0.2, 0.25) is 5.91 Å². The van der Waals surface area contributed by atoms with Crippen molar-refractivity contribution in [1.82, 2.24) is 14.8 Å². The number of nitrogens with zero attached hydrogens (tertiary/aromatic N) is 3. The lowest BCUT2D eigenvalue weighted by molar-refractivity contribution is -0.115. The number of nitrogens with one attached hydrogen (secondary N) is 1. The van der Waals surface area contributed by atoms with Crippen molar-refractivity contribution in [3.8, 4) is 5.75 Å². The molecular weight excluding hydrogens is 444 g/mol. The minimum atomic E-state index is -0.326. The highest BCUT2D eigenvalue weighted by molar-refractivity contribution is 8.00. The van der Waals surface area contributed by atoms with Gasteiger partial charge in [-0.1, -0.05) is 72.4 Å². The molecular formula is C27H28N4O2S. The van der Waals surface area contributed by atoms with E-state index >= 15 is 0 Å². The fraction of sp³-hybridized carbons (Fsp3) is 0.222. The molecule has 0 spiro atoms. The van der Waals surface area contributed by atoms with E-state index in [1.807, 2.05) is 79.7 Å². The van der Waals surface area contributed by atoms with Crippen molar-refractivity contribution in [3.05, 3.63) is 102 Å². The van der Waals surface area contributed by atoms with Gasteiger partial charge >= 0.3 is 0 Å². The standard InChI is InChI=1S/C27H28N4O2S/c1-3-31-25(18-21-10-6-4-7-11-21)29-30-27(31)34-20(2)26(32)28-23-14-16-24(17-15-23)33-19-22-12-8-5-9-13-22/h4-17,20H,3,18-19H2,1-2H3,(H,28,32). The number of anilines is 1. The molecule has 0 aliphatic rings. The smallest absolute Gasteiger partial charge is 0.237 e. The number of ether oxygens (including phenoxy) is 1. The Morgan fingerprint density at radius 1 is 0.941 bits per heavy atom. The van der Waals surface area contributed by atoms with Crippen molar-refractivity contribution >= 4 is 23.4 Å². The third-order valence-electron chi connectivity index (χ3n) is 5.34. The average molecular weight is 473 g/mol. The van der Waals surface area contributed by atoms with Crippen LogP contribution in [-0.4, -0.2) is 25.9 Å². The molecule has 4 aromatic rings. The highest BCUT2D eigenvalue weighted by atomic mass is 32.2. The predicted molar refractivity (Wildman–Crippen MR) is 136 cm³/mol. The van der Waals surface area contributed by atoms with E-state index in [0.717, 1.165) is 34.5 Å². The monoisotopic (exact) mass is 472 g/mol. The van der Waals surface area contributed by atoms with Crippen LogP contribution in [0.4, 0.5) is 5.69 Å². The van der Waals surface area contributed by atoms with Crippen LogP contribution < -0.4 is 10.1 Å². The first kappa shape index (κ1) is 23.6. The summed E-state index contributed by atoms with van der Waals surface area (Å²) in [5.41, 5.74) is 3.02. The molecule has 1 heterocycles. The van der Waals surface area contributed by atoms with Gasteiger partial charge in [0.05, 0.1) is 5.25 Å². The maximum Gasteiger partial charge on any atom is 0.237 e. The molecule has 1 aromatic heterocycles. The number of carbonyl (C=O) groups is 1. The summed E-state index contributed by atoms with van der Waals surface area (Å²) in [7, 11) is 0. The van der Waals surface area contributed by atoms with Gasteiger partial charge in [-0.2, -0.15) is 0 Å². The highest BCUT2D eigenvalue weighted by Gasteiger charge is 2.20. The zero-order valence-electron chi connectivity index (χ0n) is 19.3. The van der Waals surface area contributed by atoms with Gasteiger partial charge in [0.1, 0.15) is 18.2 Å². The van der Waals surface area contributed by atoms with E-state index in [1.54, 1.807) is 0 Å². The van der Waals surface area contributed by atoms with E-state index in [1.165, 1.54) is 17.3 Å². The van der Waals surface area contributed by atoms with Gasteiger partial charge < -0.3 is 14.6 Å². The lowest BCUT2D eigenvalue weighted by Gasteiger charge is -2.13. The van der Waals surface area contributed by atoms with E-state index < -0.39 is 0 Å². The molecule has 1 unspecified atom stereocenters. The molecule has 0 saturated carbocycles. The Morgan fingerprint density at radius 3 is 2.24 bits per heavy atom. The zero-order chi connectivity index (χ0) is 23.8. The SMILES string of the molecule is CCn1c(Cc2ccccc2)nnc1SC(C)C(=O)Nc1ccc(OCc2ccccc2)cc1. The molecule has 0 fully saturated rings. The number of carbonyl (C=O) groups excluding carboxylic acids is 1. The maximum absolute atomic E-state index is 12.8. The molecule has 0 radical (unpaired) electrons. The van der Waals surface area contributed by atoms with Crippen molar-refractivity contribution in [2.45, 2.75) is 43.8 Å². The number of hydrogen-bond acceptors (Lipinski definition) is 5. The average Bonchev–Trinajstić information content (AvgIpc) is 3.25. The molecule has 6 nitrogen and oxygen atoms in total. The van der Waals surface area contributed by atoms with Crippen molar-refractivity contribution in [1.29, 1.82) is 0 Å². The second-order valence-corrected chi connectivity index (χ2v) is 9.16. The van der Waals surface area contributed by atoms with Gasteiger partial charge in [-0.05, 0) is 49.2 Å². The van der Waals surface area contributed by atoms with Crippen LogP contribution in [0.25, 0.3) is 0 Å². The Bertz CT molecular complexity index is 1190. The topological polar surface area (TPSA) is 69.0 Å². The fourth-order valence-corrected chi connectivity index (χ4v) is 4.40. The lowest BCUT2D eigenvalue weighted by atomic mass is 10.1. The van der Waals surface area contributed by atoms with Crippen LogP contribution in [0, 0.1) is 0 Å². The molecule has 34 heavy (non-hydrogen) atoms. The fourth-order valence-electron chi connectivity index (χ4n) is 3.46. The van der Waals surface area contributed by atoms with Crippen molar-refractivity contribution in [2.24, 2.45) is 0 Å². The van der Waals surface area contributed by atoms with Crippen molar-refractivity contribution in [3.63, 3.8) is 0 Å². The third-order valence-corrected chi connectivity index (χ3v) is 6.42. The number of benzene rings is 3. The van der Waals surface area contributed by atoms with Gasteiger partial charge in [0.25, 0.3) is 0 Å². The van der Waals surface area contributed by atoms with Gasteiger partial charge in [-0.3, -0.25) is 4.79 Å². The van der Waals surface area contributed by atoms with Crippen LogP contribution in [0.5, 0.6) is 5.75 Å². The van der Waals surface area contributed by atoms with Crippen LogP contribution in [-0.2, 0) is 24.4 Å². The molecule has 0 aliphatic carbocycles. The Morgan fingerprint density at radius 2 is 1.59 bits per heavy atom. The maximum atomic E-state index is 12.8. The van der Waals surface area contributed by atoms with Crippen LogP contribution in [0.2, 0.25) is 0 Å². The van der Waals surface area contributed by atoms with Crippen LogP contribution in [0.3, 0.4) is 0 Å². The minimum Gasteiger partial charge on any atom is -0.489 e. The van der Waals surface area contributed by atoms with Crippen molar-refractivity contribution in [2.75, 3.05) is 5.32 Å². The highest BCUT2D eigenvalue weighted by Crippen LogP contribution is 2.25. The first-order valence-electron chi connectivity index (χ1n) is 11.3. The third kappa shape index (κ3) is 6.26. The molecule has 0 bridgehead atoms. The van der Waals surface area contributed by atoms with Gasteiger partial charge in [-0.25, -0.2) is 0 Å². The molecule has 1 amide bonds. The summed E-state index contributed by atoms with van der Waals surface area (Å²) in [5.74, 6) is 1.57. The summed E-state index contributed by atoms with van der Waals surface area (Å²) < 4.78 is 7.88. The van der Waals surface area contributed by atoms with E-state index in [4.69, 9.17) is 4.74 Å². The summed E-state index contributed by atoms with van der Waals surface area (Å²) in [6.45, 7) is 5.19. The number of amides is 1. The number of thioether (sulfide) groups is 1. The van der Waals surface area contributed by atoms with E-state index in [0.29, 0.717) is 13.0 Å². The summed E-state index contributed by atoms with van der Waals surface area (Å²) in [4.78, 5) is 12.8. The van der Waals surface area contributed by atoms with E-state index in [-0.39, 0.29) is 11.2 Å². The Hall–Kier alpha value is -3.58. The van der Waals surface area contributed by atoms with Crippen LogP contribution in [0.15, 0.2) is 90.1 Å². The molecule has 3 aromatic carbocycles. The molecule has 1 atom stereocenters. The molecule has 7 heteroatoms. The summed E-state index contributed by atoms with van der Waals surface area (Å²) in [6, 6.07) is 27.6. The largest absolute Gasteiger partial charge is 0.489 e. The molecule has 0 aliphatic heterocycles. The predicted octanol–water partition coefficient (Wildman–Crippen LogP) is 5.59. The van der Waals surface area contributed by atoms with E-state index in [2.05, 4.69) is 39.1 Å². The Kier molecular flexibility index (Phi) is 7.99. The van der Waals surface area contributed by atoms with Gasteiger partial charge in [0, 0.05) is 18.7 Å². The normalized spacial score (nSPS) is 11.7. The van der Waals surface area contributed by atoms with Crippen LogP contribution in [0.1, 0.15) is 30.8 Å². The second-order valence-electron chi connectivity index (χ2n) is 7.85. The molecule has 0 saturated heterocycles. The van der Waals surface area contributed by atoms with Crippen LogP contribution >= 0.6 is 11.8 Å². The summed E-state index contributed by atoms with van der Waals surface area (Å²) >= 11 is 1.42. The molecule has 4 rings (SSSR count).